The van der Waals surface area contributed by atoms with Crippen molar-refractivity contribution in [3.63, 3.8) is 0 Å². The van der Waals surface area contributed by atoms with Gasteiger partial charge in [0, 0.05) is 18.1 Å². The molecule has 2 N–H and O–H groups in total. The van der Waals surface area contributed by atoms with Gasteiger partial charge in [0.05, 0.1) is 0 Å². The molecular formula is C10H28N2S2Si2. The molecule has 0 fully saturated rings. The molecule has 6 heteroatoms. The first-order valence-electron chi connectivity index (χ1n) is 5.92. The molecule has 0 aromatic carbocycles. The molecule has 0 rings (SSSR count). The second-order valence-corrected chi connectivity index (χ2v) is 18.8. The van der Waals surface area contributed by atoms with Gasteiger partial charge in [-0.1, -0.05) is 60.9 Å². The van der Waals surface area contributed by atoms with Gasteiger partial charge in [0.25, 0.3) is 0 Å². The van der Waals surface area contributed by atoms with Crippen molar-refractivity contribution in [1.29, 1.82) is 0 Å². The van der Waals surface area contributed by atoms with E-state index in [0.29, 0.717) is 0 Å². The van der Waals surface area contributed by atoms with Crippen LogP contribution in [0.1, 0.15) is 0 Å². The van der Waals surface area contributed by atoms with Crippen molar-refractivity contribution in [1.82, 2.24) is 4.23 Å². The molecule has 0 aliphatic carbocycles. The Bertz CT molecular complexity index is 176. The second-order valence-electron chi connectivity index (χ2n) is 5.93. The normalized spacial score (nSPS) is 13.5. The molecule has 0 saturated carbocycles. The summed E-state index contributed by atoms with van der Waals surface area (Å²) in [7, 11) is 1.60. The maximum absolute atomic E-state index is 5.48. The van der Waals surface area contributed by atoms with Gasteiger partial charge in [0.2, 0.25) is 0 Å². The highest BCUT2D eigenvalue weighted by Crippen LogP contribution is 2.24. The van der Waals surface area contributed by atoms with E-state index < -0.39 is 16.5 Å². The van der Waals surface area contributed by atoms with Crippen molar-refractivity contribution in [2.24, 2.45) is 5.73 Å². The number of hydrogen-bond donors (Lipinski definition) is 1. The van der Waals surface area contributed by atoms with Crippen molar-refractivity contribution in [2.75, 3.05) is 24.6 Å². The number of rotatable bonds is 8. The second kappa shape index (κ2) is 7.48. The van der Waals surface area contributed by atoms with Crippen LogP contribution in [0.4, 0.5) is 0 Å². The van der Waals surface area contributed by atoms with E-state index in [-0.39, 0.29) is 0 Å². The molecule has 0 aromatic heterocycles. The van der Waals surface area contributed by atoms with Gasteiger partial charge in [0.1, 0.15) is 16.5 Å². The zero-order chi connectivity index (χ0) is 12.8. The summed E-state index contributed by atoms with van der Waals surface area (Å²) in [5.41, 5.74) is 5.48. The predicted octanol–water partition coefficient (Wildman–Crippen LogP) is 3.30. The average Bonchev–Trinajstić information content (AvgIpc) is 2.06. The van der Waals surface area contributed by atoms with Gasteiger partial charge in [-0.25, -0.2) is 0 Å². The first kappa shape index (κ1) is 17.1. The molecule has 2 nitrogen and oxygen atoms in total. The lowest BCUT2D eigenvalue weighted by molar-refractivity contribution is 0.657. The SMILES string of the molecule is C[Si](C)(C)N(CCSSCCN)[Si](C)(C)C. The van der Waals surface area contributed by atoms with E-state index in [1.807, 2.05) is 21.6 Å². The van der Waals surface area contributed by atoms with E-state index in [1.54, 1.807) is 0 Å². The molecule has 16 heavy (non-hydrogen) atoms. The minimum absolute atomic E-state index is 0.795. The van der Waals surface area contributed by atoms with Gasteiger partial charge in [-0.2, -0.15) is 0 Å². The summed E-state index contributed by atoms with van der Waals surface area (Å²) in [6.07, 6.45) is 0. The highest BCUT2D eigenvalue weighted by atomic mass is 33.1. The molecule has 0 bridgehead atoms. The number of hydrogen-bond acceptors (Lipinski definition) is 4. The summed E-state index contributed by atoms with van der Waals surface area (Å²) in [6.45, 7) is 16.8. The van der Waals surface area contributed by atoms with Crippen LogP contribution in [-0.4, -0.2) is 45.3 Å². The standard InChI is InChI=1S/C10H28N2S2Si2/c1-15(2,3)12(16(4,5)6)8-10-14-13-9-7-11/h7-11H2,1-6H3. The quantitative estimate of drug-likeness (QED) is 0.423. The summed E-state index contributed by atoms with van der Waals surface area (Å²) in [4.78, 5) is 0. The number of nitrogens with zero attached hydrogens (tertiary/aromatic N) is 1. The molecule has 0 spiro atoms. The van der Waals surface area contributed by atoms with E-state index >= 15 is 0 Å². The maximum atomic E-state index is 5.48. The molecule has 0 aromatic rings. The molecular weight excluding hydrogens is 268 g/mol. The van der Waals surface area contributed by atoms with Crippen LogP contribution < -0.4 is 5.73 Å². The lowest BCUT2D eigenvalue weighted by atomic mass is 10.8. The zero-order valence-electron chi connectivity index (χ0n) is 11.7. The molecule has 98 valence electrons. The van der Waals surface area contributed by atoms with Gasteiger partial charge < -0.3 is 9.96 Å². The summed E-state index contributed by atoms with van der Waals surface area (Å²) >= 11 is 0. The topological polar surface area (TPSA) is 29.3 Å². The third-order valence-electron chi connectivity index (χ3n) is 2.30. The lowest BCUT2D eigenvalue weighted by Gasteiger charge is -2.43. The molecule has 0 unspecified atom stereocenters. The fourth-order valence-corrected chi connectivity index (χ4v) is 13.7. The van der Waals surface area contributed by atoms with E-state index in [1.165, 1.54) is 12.3 Å². The minimum atomic E-state index is -1.14. The molecule has 0 radical (unpaired) electrons. The lowest BCUT2D eigenvalue weighted by Crippen LogP contribution is -2.59. The Morgan fingerprint density at radius 2 is 1.31 bits per heavy atom. The highest BCUT2D eigenvalue weighted by molar-refractivity contribution is 8.76. The van der Waals surface area contributed by atoms with Crippen molar-refractivity contribution in [3.8, 4) is 0 Å². The molecule has 0 aliphatic rings. The predicted molar refractivity (Wildman–Crippen MR) is 87.4 cm³/mol. The molecule has 0 saturated heterocycles. The van der Waals surface area contributed by atoms with Crippen molar-refractivity contribution < 1.29 is 0 Å². The molecule has 0 heterocycles. The van der Waals surface area contributed by atoms with Crippen molar-refractivity contribution in [3.05, 3.63) is 0 Å². The van der Waals surface area contributed by atoms with E-state index in [4.69, 9.17) is 5.73 Å². The molecule has 0 atom stereocenters. The summed E-state index contributed by atoms with van der Waals surface area (Å²) in [5, 5.41) is 0. The Hall–Kier alpha value is 1.05. The Balaban J connectivity index is 4.06. The zero-order valence-corrected chi connectivity index (χ0v) is 15.3. The first-order valence-corrected chi connectivity index (χ1v) is 15.3. The van der Waals surface area contributed by atoms with E-state index in [2.05, 4.69) is 43.5 Å². The largest absolute Gasteiger partial charge is 0.345 e. The van der Waals surface area contributed by atoms with Gasteiger partial charge in [-0.15, -0.1) is 0 Å². The Morgan fingerprint density at radius 1 is 0.875 bits per heavy atom. The van der Waals surface area contributed by atoms with Crippen molar-refractivity contribution in [2.45, 2.75) is 39.3 Å². The van der Waals surface area contributed by atoms with Crippen molar-refractivity contribution >= 4 is 38.1 Å². The fraction of sp³-hybridized carbons (Fsp3) is 1.00. The van der Waals surface area contributed by atoms with Gasteiger partial charge >= 0.3 is 0 Å². The smallest absolute Gasteiger partial charge is 0.112 e. The number of nitrogens with two attached hydrogens (primary N) is 1. The van der Waals surface area contributed by atoms with Crippen LogP contribution in [0.5, 0.6) is 0 Å². The van der Waals surface area contributed by atoms with Crippen LogP contribution in [0.15, 0.2) is 0 Å². The van der Waals surface area contributed by atoms with Crippen LogP contribution in [0.25, 0.3) is 0 Å². The Kier molecular flexibility index (Phi) is 7.97. The van der Waals surface area contributed by atoms with Gasteiger partial charge in [-0.05, 0) is 6.54 Å². The third-order valence-corrected chi connectivity index (χ3v) is 12.4. The summed E-state index contributed by atoms with van der Waals surface area (Å²) in [5.74, 6) is 2.31. The summed E-state index contributed by atoms with van der Waals surface area (Å²) in [6, 6.07) is 0. The van der Waals surface area contributed by atoms with Gasteiger partial charge in [-0.3, -0.25) is 0 Å². The minimum Gasteiger partial charge on any atom is -0.345 e. The van der Waals surface area contributed by atoms with Crippen LogP contribution in [0.2, 0.25) is 39.3 Å². The average molecular weight is 297 g/mol. The van der Waals surface area contributed by atoms with Crippen LogP contribution >= 0.6 is 21.6 Å². The summed E-state index contributed by atoms with van der Waals surface area (Å²) < 4.78 is 2.84. The Morgan fingerprint density at radius 3 is 1.69 bits per heavy atom. The van der Waals surface area contributed by atoms with Crippen LogP contribution in [0.3, 0.4) is 0 Å². The maximum Gasteiger partial charge on any atom is 0.112 e. The fourth-order valence-electron chi connectivity index (χ4n) is 1.97. The third kappa shape index (κ3) is 7.39. The van der Waals surface area contributed by atoms with E-state index in [0.717, 1.165) is 12.3 Å². The molecule has 0 aliphatic heterocycles. The Labute approximate surface area is 112 Å². The van der Waals surface area contributed by atoms with Crippen LogP contribution in [0, 0.1) is 0 Å². The first-order chi connectivity index (χ1) is 7.19. The monoisotopic (exact) mass is 296 g/mol. The van der Waals surface area contributed by atoms with Crippen LogP contribution in [-0.2, 0) is 0 Å². The van der Waals surface area contributed by atoms with Gasteiger partial charge in [0.15, 0.2) is 0 Å². The molecule has 0 amide bonds. The highest BCUT2D eigenvalue weighted by Gasteiger charge is 2.33. The van der Waals surface area contributed by atoms with E-state index in [9.17, 15) is 0 Å².